The molecule has 22 heavy (non-hydrogen) atoms. The van der Waals surface area contributed by atoms with Crippen LogP contribution in [0.15, 0.2) is 63.9 Å². The molecule has 3 heterocycles. The van der Waals surface area contributed by atoms with Gasteiger partial charge in [-0.1, -0.05) is 35.5 Å². The zero-order valence-corrected chi connectivity index (χ0v) is 13.1. The van der Waals surface area contributed by atoms with Gasteiger partial charge in [0.05, 0.1) is 12.6 Å². The second kappa shape index (κ2) is 5.38. The minimum atomic E-state index is 0.538. The summed E-state index contributed by atoms with van der Waals surface area (Å²) < 4.78 is 8.25. The van der Waals surface area contributed by atoms with Crippen LogP contribution in [-0.4, -0.2) is 19.5 Å². The van der Waals surface area contributed by atoms with Crippen molar-refractivity contribution in [3.8, 4) is 11.5 Å². The van der Waals surface area contributed by atoms with Gasteiger partial charge in [-0.2, -0.15) is 4.98 Å². The van der Waals surface area contributed by atoms with Crippen LogP contribution < -0.4 is 0 Å². The Labute approximate surface area is 134 Å². The molecule has 0 aliphatic heterocycles. The van der Waals surface area contributed by atoms with Crippen LogP contribution in [0.4, 0.5) is 0 Å². The summed E-state index contributed by atoms with van der Waals surface area (Å²) in [6.07, 6.45) is 4.30. The summed E-state index contributed by atoms with van der Waals surface area (Å²) >= 11 is 3.46. The summed E-state index contributed by atoms with van der Waals surface area (Å²) in [6, 6.07) is 13.9. The van der Waals surface area contributed by atoms with E-state index < -0.39 is 0 Å². The molecule has 0 unspecified atom stereocenters. The molecule has 3 aromatic heterocycles. The Morgan fingerprint density at radius 3 is 2.82 bits per heavy atom. The predicted molar refractivity (Wildman–Crippen MR) is 85.4 cm³/mol. The van der Waals surface area contributed by atoms with E-state index in [9.17, 15) is 0 Å². The van der Waals surface area contributed by atoms with Gasteiger partial charge in [0.25, 0.3) is 0 Å². The molecule has 0 aliphatic rings. The highest BCUT2D eigenvalue weighted by atomic mass is 79.9. The molecule has 0 saturated heterocycles. The van der Waals surface area contributed by atoms with Crippen molar-refractivity contribution in [3.05, 3.63) is 70.8 Å². The Morgan fingerprint density at radius 2 is 1.95 bits per heavy atom. The fourth-order valence-corrected chi connectivity index (χ4v) is 2.66. The second-order valence-electron chi connectivity index (χ2n) is 4.89. The molecular weight excluding hydrogens is 344 g/mol. The van der Waals surface area contributed by atoms with Crippen LogP contribution in [0.5, 0.6) is 0 Å². The fraction of sp³-hybridized carbons (Fsp3) is 0.0625. The van der Waals surface area contributed by atoms with Crippen LogP contribution >= 0.6 is 15.9 Å². The molecule has 0 saturated carbocycles. The first-order chi connectivity index (χ1) is 10.8. The van der Waals surface area contributed by atoms with Gasteiger partial charge in [-0.25, -0.2) is 4.98 Å². The minimum Gasteiger partial charge on any atom is -0.339 e. The first kappa shape index (κ1) is 13.2. The van der Waals surface area contributed by atoms with E-state index in [0.717, 1.165) is 21.4 Å². The van der Waals surface area contributed by atoms with E-state index in [-0.39, 0.29) is 0 Å². The van der Waals surface area contributed by atoms with E-state index in [4.69, 9.17) is 4.52 Å². The lowest BCUT2D eigenvalue weighted by Gasteiger charge is -1.97. The van der Waals surface area contributed by atoms with Crippen molar-refractivity contribution in [2.75, 3.05) is 0 Å². The quantitative estimate of drug-likeness (QED) is 0.562. The number of nitrogens with zero attached hydrogens (tertiary/aromatic N) is 4. The summed E-state index contributed by atoms with van der Waals surface area (Å²) in [7, 11) is 0. The standard InChI is InChI=1S/C16H11BrN4O/c17-12-6-7-14-18-9-13(21(14)10-12)16-19-15(22-20-16)8-11-4-2-1-3-5-11/h1-7,9-10H,8H2. The number of benzene rings is 1. The number of rotatable bonds is 3. The maximum atomic E-state index is 5.36. The zero-order chi connectivity index (χ0) is 14.9. The average Bonchev–Trinajstić information content (AvgIpc) is 3.14. The highest BCUT2D eigenvalue weighted by Gasteiger charge is 2.13. The third kappa shape index (κ3) is 2.42. The topological polar surface area (TPSA) is 56.2 Å². The Hall–Kier alpha value is -2.47. The molecule has 0 spiro atoms. The third-order valence-electron chi connectivity index (χ3n) is 3.36. The van der Waals surface area contributed by atoms with E-state index >= 15 is 0 Å². The van der Waals surface area contributed by atoms with Crippen molar-refractivity contribution in [2.24, 2.45) is 0 Å². The normalized spacial score (nSPS) is 11.1. The zero-order valence-electron chi connectivity index (χ0n) is 11.5. The molecule has 1 aromatic carbocycles. The molecule has 6 heteroatoms. The van der Waals surface area contributed by atoms with E-state index in [2.05, 4.69) is 31.1 Å². The van der Waals surface area contributed by atoms with Crippen molar-refractivity contribution >= 4 is 21.6 Å². The highest BCUT2D eigenvalue weighted by Crippen LogP contribution is 2.21. The molecule has 0 fully saturated rings. The van der Waals surface area contributed by atoms with Gasteiger partial charge in [0.15, 0.2) is 0 Å². The maximum absolute atomic E-state index is 5.36. The van der Waals surface area contributed by atoms with Gasteiger partial charge in [0.1, 0.15) is 11.3 Å². The Balaban J connectivity index is 1.69. The number of imidazole rings is 1. The smallest absolute Gasteiger partial charge is 0.231 e. The molecule has 4 aromatic rings. The lowest BCUT2D eigenvalue weighted by atomic mass is 10.1. The van der Waals surface area contributed by atoms with E-state index in [1.54, 1.807) is 6.20 Å². The van der Waals surface area contributed by atoms with Gasteiger partial charge in [-0.15, -0.1) is 0 Å². The lowest BCUT2D eigenvalue weighted by Crippen LogP contribution is -1.91. The van der Waals surface area contributed by atoms with Crippen LogP contribution in [0.1, 0.15) is 11.5 Å². The van der Waals surface area contributed by atoms with Crippen molar-refractivity contribution in [2.45, 2.75) is 6.42 Å². The van der Waals surface area contributed by atoms with E-state index in [1.165, 1.54) is 0 Å². The van der Waals surface area contributed by atoms with E-state index in [0.29, 0.717) is 18.1 Å². The fourth-order valence-electron chi connectivity index (χ4n) is 2.32. The number of hydrogen-bond donors (Lipinski definition) is 0. The summed E-state index contributed by atoms with van der Waals surface area (Å²) in [4.78, 5) is 8.82. The van der Waals surface area contributed by atoms with Gasteiger partial charge in [0, 0.05) is 10.7 Å². The first-order valence-corrected chi connectivity index (χ1v) is 7.58. The molecule has 5 nitrogen and oxygen atoms in total. The van der Waals surface area contributed by atoms with Crippen molar-refractivity contribution in [1.82, 2.24) is 19.5 Å². The maximum Gasteiger partial charge on any atom is 0.231 e. The number of aromatic nitrogens is 4. The number of fused-ring (bicyclic) bond motifs is 1. The molecular formula is C16H11BrN4O. The Bertz CT molecular complexity index is 930. The third-order valence-corrected chi connectivity index (χ3v) is 3.83. The highest BCUT2D eigenvalue weighted by molar-refractivity contribution is 9.10. The van der Waals surface area contributed by atoms with Crippen LogP contribution in [0.2, 0.25) is 0 Å². The Morgan fingerprint density at radius 1 is 1.09 bits per heavy atom. The van der Waals surface area contributed by atoms with Gasteiger partial charge in [0.2, 0.25) is 11.7 Å². The molecule has 0 atom stereocenters. The molecule has 108 valence electrons. The van der Waals surface area contributed by atoms with Gasteiger partial charge < -0.3 is 4.52 Å². The number of halogens is 1. The SMILES string of the molecule is Brc1ccc2ncc(-c3noc(Cc4ccccc4)n3)n2c1. The summed E-state index contributed by atoms with van der Waals surface area (Å²) in [6.45, 7) is 0. The van der Waals surface area contributed by atoms with Gasteiger partial charge in [-0.05, 0) is 33.6 Å². The predicted octanol–water partition coefficient (Wildman–Crippen LogP) is 3.74. The minimum absolute atomic E-state index is 0.538. The molecule has 0 amide bonds. The molecule has 0 aliphatic carbocycles. The second-order valence-corrected chi connectivity index (χ2v) is 5.81. The van der Waals surface area contributed by atoms with Gasteiger partial charge >= 0.3 is 0 Å². The molecule has 4 rings (SSSR count). The van der Waals surface area contributed by atoms with Crippen molar-refractivity contribution in [1.29, 1.82) is 0 Å². The van der Waals surface area contributed by atoms with E-state index in [1.807, 2.05) is 53.1 Å². The van der Waals surface area contributed by atoms with Crippen LogP contribution in [0.25, 0.3) is 17.2 Å². The van der Waals surface area contributed by atoms with Crippen molar-refractivity contribution < 1.29 is 4.52 Å². The summed E-state index contributed by atoms with van der Waals surface area (Å²) in [5, 5.41) is 4.07. The summed E-state index contributed by atoms with van der Waals surface area (Å²) in [5.41, 5.74) is 2.78. The first-order valence-electron chi connectivity index (χ1n) is 6.79. The molecule has 0 bridgehead atoms. The Kier molecular flexibility index (Phi) is 3.23. The van der Waals surface area contributed by atoms with Crippen LogP contribution in [-0.2, 0) is 6.42 Å². The van der Waals surface area contributed by atoms with Crippen LogP contribution in [0, 0.1) is 0 Å². The van der Waals surface area contributed by atoms with Crippen molar-refractivity contribution in [3.63, 3.8) is 0 Å². The van der Waals surface area contributed by atoms with Crippen LogP contribution in [0.3, 0.4) is 0 Å². The lowest BCUT2D eigenvalue weighted by molar-refractivity contribution is 0.385. The van der Waals surface area contributed by atoms with Gasteiger partial charge in [-0.3, -0.25) is 4.40 Å². The largest absolute Gasteiger partial charge is 0.339 e. The number of hydrogen-bond acceptors (Lipinski definition) is 4. The average molecular weight is 355 g/mol. The monoisotopic (exact) mass is 354 g/mol. The number of pyridine rings is 1. The molecule has 0 N–H and O–H groups in total. The molecule has 0 radical (unpaired) electrons. The summed E-state index contributed by atoms with van der Waals surface area (Å²) in [5.74, 6) is 1.13.